The molecule has 1 aromatic heterocycles. The average Bonchev–Trinajstić information content (AvgIpc) is 3.24. The van der Waals surface area contributed by atoms with Gasteiger partial charge in [0.25, 0.3) is 0 Å². The molecule has 182 valence electrons. The van der Waals surface area contributed by atoms with Gasteiger partial charge in [0, 0.05) is 5.56 Å². The summed E-state index contributed by atoms with van der Waals surface area (Å²) >= 11 is 0. The summed E-state index contributed by atoms with van der Waals surface area (Å²) in [6.07, 6.45) is 0. The van der Waals surface area contributed by atoms with Gasteiger partial charge >= 0.3 is 6.01 Å². The Balaban J connectivity index is 1.80. The Bertz CT molecular complexity index is 1220. The van der Waals surface area contributed by atoms with Crippen molar-refractivity contribution >= 4 is 21.8 Å². The van der Waals surface area contributed by atoms with E-state index < -0.39 is 27.3 Å². The van der Waals surface area contributed by atoms with Gasteiger partial charge in [0.05, 0.1) is 24.7 Å². The molecule has 0 saturated carbocycles. The number of hydrogen-bond acceptors (Lipinski definition) is 9. The Morgan fingerprint density at radius 2 is 1.56 bits per heavy atom. The van der Waals surface area contributed by atoms with Gasteiger partial charge < -0.3 is 18.6 Å². The van der Waals surface area contributed by atoms with Crippen LogP contribution >= 0.6 is 0 Å². The Hall–Kier alpha value is -3.67. The zero-order valence-electron chi connectivity index (χ0n) is 18.8. The van der Waals surface area contributed by atoms with Crippen LogP contribution in [0.1, 0.15) is 20.8 Å². The van der Waals surface area contributed by atoms with Crippen LogP contribution in [0.2, 0.25) is 0 Å². The summed E-state index contributed by atoms with van der Waals surface area (Å²) in [7, 11) is -3.99. The van der Waals surface area contributed by atoms with Crippen LogP contribution in [0, 0.1) is 5.82 Å². The molecule has 10 nitrogen and oxygen atoms in total. The van der Waals surface area contributed by atoms with Crippen molar-refractivity contribution in [3.63, 3.8) is 0 Å². The van der Waals surface area contributed by atoms with E-state index in [0.29, 0.717) is 42.6 Å². The third-order valence-electron chi connectivity index (χ3n) is 4.32. The summed E-state index contributed by atoms with van der Waals surface area (Å²) < 4.78 is 60.2. The smallest absolute Gasteiger partial charge is 0.322 e. The molecule has 0 unspecified atom stereocenters. The number of halogens is 1. The first kappa shape index (κ1) is 25.0. The first-order valence-corrected chi connectivity index (χ1v) is 12.1. The molecular formula is C22H24FN3O7S. The van der Waals surface area contributed by atoms with Crippen molar-refractivity contribution in [2.24, 2.45) is 0 Å². The molecule has 1 N–H and O–H groups in total. The number of nitrogens with zero attached hydrogens (tertiary/aromatic N) is 2. The number of ether oxygens (including phenoxy) is 3. The molecule has 0 bridgehead atoms. The summed E-state index contributed by atoms with van der Waals surface area (Å²) in [5.41, 5.74) is 0.447. The number of amides is 1. The van der Waals surface area contributed by atoms with Crippen LogP contribution < -0.4 is 19.5 Å². The Morgan fingerprint density at radius 3 is 2.12 bits per heavy atom. The van der Waals surface area contributed by atoms with Gasteiger partial charge in [-0.1, -0.05) is 5.10 Å². The van der Waals surface area contributed by atoms with Crippen LogP contribution in [-0.2, 0) is 14.6 Å². The number of carbonyl (C=O) groups excluding carboxylic acids is 1. The number of benzene rings is 2. The molecule has 0 atom stereocenters. The topological polar surface area (TPSA) is 130 Å². The highest BCUT2D eigenvalue weighted by Gasteiger charge is 2.22. The second-order valence-corrected chi connectivity index (χ2v) is 8.76. The van der Waals surface area contributed by atoms with Gasteiger partial charge in [0.1, 0.15) is 11.6 Å². The molecular weight excluding hydrogens is 469 g/mol. The van der Waals surface area contributed by atoms with E-state index in [4.69, 9.17) is 18.6 Å². The molecule has 0 aliphatic rings. The van der Waals surface area contributed by atoms with E-state index >= 15 is 0 Å². The minimum atomic E-state index is -3.99. The van der Waals surface area contributed by atoms with Crippen molar-refractivity contribution < 1.29 is 36.2 Å². The predicted molar refractivity (Wildman–Crippen MR) is 120 cm³/mol. The fraction of sp³-hybridized carbons (Fsp3) is 0.318. The first-order chi connectivity index (χ1) is 16.3. The van der Waals surface area contributed by atoms with Crippen molar-refractivity contribution in [1.29, 1.82) is 0 Å². The van der Waals surface area contributed by atoms with Gasteiger partial charge in [-0.3, -0.25) is 10.1 Å². The van der Waals surface area contributed by atoms with Gasteiger partial charge in [-0.25, -0.2) is 12.8 Å². The van der Waals surface area contributed by atoms with E-state index in [1.807, 2.05) is 20.8 Å². The van der Waals surface area contributed by atoms with E-state index in [0.717, 1.165) is 24.3 Å². The lowest BCUT2D eigenvalue weighted by Crippen LogP contribution is -2.23. The second-order valence-electron chi connectivity index (χ2n) is 6.77. The van der Waals surface area contributed by atoms with Crippen molar-refractivity contribution in [2.45, 2.75) is 25.7 Å². The molecule has 12 heteroatoms. The molecule has 3 rings (SSSR count). The van der Waals surface area contributed by atoms with E-state index in [9.17, 15) is 17.6 Å². The fourth-order valence-electron chi connectivity index (χ4n) is 2.96. The quantitative estimate of drug-likeness (QED) is 0.399. The van der Waals surface area contributed by atoms with Crippen LogP contribution in [0.25, 0.3) is 11.5 Å². The lowest BCUT2D eigenvalue weighted by molar-refractivity contribution is -0.114. The lowest BCUT2D eigenvalue weighted by atomic mass is 10.2. The predicted octanol–water partition coefficient (Wildman–Crippen LogP) is 3.48. The van der Waals surface area contributed by atoms with Crippen molar-refractivity contribution in [3.05, 3.63) is 42.2 Å². The minimum Gasteiger partial charge on any atom is -0.490 e. The third kappa shape index (κ3) is 6.01. The number of rotatable bonds is 11. The van der Waals surface area contributed by atoms with Crippen LogP contribution in [0.4, 0.5) is 10.4 Å². The average molecular weight is 494 g/mol. The van der Waals surface area contributed by atoms with Crippen molar-refractivity contribution in [3.8, 4) is 28.7 Å². The minimum absolute atomic E-state index is 0.0432. The van der Waals surface area contributed by atoms with Crippen molar-refractivity contribution in [2.75, 3.05) is 30.9 Å². The van der Waals surface area contributed by atoms with Gasteiger partial charge in [-0.05, 0) is 57.2 Å². The molecule has 0 aliphatic carbocycles. The summed E-state index contributed by atoms with van der Waals surface area (Å²) in [4.78, 5) is 12.1. The zero-order chi connectivity index (χ0) is 24.7. The van der Waals surface area contributed by atoms with Crippen LogP contribution in [0.3, 0.4) is 0 Å². The maximum absolute atomic E-state index is 13.0. The fourth-order valence-corrected chi connectivity index (χ4v) is 4.09. The maximum atomic E-state index is 13.0. The molecule has 2 aromatic carbocycles. The van der Waals surface area contributed by atoms with Crippen molar-refractivity contribution in [1.82, 2.24) is 10.2 Å². The Kier molecular flexibility index (Phi) is 8.05. The van der Waals surface area contributed by atoms with Gasteiger partial charge in [0.2, 0.25) is 17.5 Å². The second kappa shape index (κ2) is 11.0. The number of hydrogen-bond donors (Lipinski definition) is 1. The normalized spacial score (nSPS) is 11.2. The number of carbonyl (C=O) groups is 1. The van der Waals surface area contributed by atoms with Crippen LogP contribution in [0.5, 0.6) is 17.2 Å². The SMILES string of the molecule is CCOc1cc(-c2nnc(NC(=O)CS(=O)(=O)c3ccc(F)cc3)o2)cc(OCC)c1OCC. The Labute approximate surface area is 196 Å². The number of sulfone groups is 1. The molecule has 0 radical (unpaired) electrons. The largest absolute Gasteiger partial charge is 0.490 e. The molecule has 0 fully saturated rings. The molecule has 0 saturated heterocycles. The molecule has 0 aliphatic heterocycles. The summed E-state index contributed by atoms with van der Waals surface area (Å²) in [5.74, 6) is -1.05. The number of aromatic nitrogens is 2. The maximum Gasteiger partial charge on any atom is 0.322 e. The van der Waals surface area contributed by atoms with Crippen LogP contribution in [-0.4, -0.2) is 50.1 Å². The number of nitrogens with one attached hydrogen (secondary N) is 1. The van der Waals surface area contributed by atoms with E-state index in [-0.39, 0.29) is 16.8 Å². The van der Waals surface area contributed by atoms with Gasteiger partial charge in [0.15, 0.2) is 21.3 Å². The highest BCUT2D eigenvalue weighted by Crippen LogP contribution is 2.41. The zero-order valence-corrected chi connectivity index (χ0v) is 19.6. The van der Waals surface area contributed by atoms with Gasteiger partial charge in [-0.2, -0.15) is 0 Å². The molecule has 1 heterocycles. The third-order valence-corrected chi connectivity index (χ3v) is 5.95. The molecule has 1 amide bonds. The molecule has 34 heavy (non-hydrogen) atoms. The first-order valence-electron chi connectivity index (χ1n) is 10.5. The van der Waals surface area contributed by atoms with Crippen LogP contribution in [0.15, 0.2) is 45.7 Å². The summed E-state index contributed by atoms with van der Waals surface area (Å²) in [6, 6.07) is 7.14. The lowest BCUT2D eigenvalue weighted by Gasteiger charge is -2.16. The standard InChI is InChI=1S/C22H24FN3O7S/c1-4-30-17-11-14(12-18(31-5-2)20(17)32-6-3)21-25-26-22(33-21)24-19(27)13-34(28,29)16-9-7-15(23)8-10-16/h7-12H,4-6,13H2,1-3H3,(H,24,26,27). The van der Waals surface area contributed by atoms with E-state index in [1.165, 1.54) is 0 Å². The highest BCUT2D eigenvalue weighted by molar-refractivity contribution is 7.92. The molecule has 0 spiro atoms. The number of anilines is 1. The summed E-state index contributed by atoms with van der Waals surface area (Å²) in [6.45, 7) is 6.64. The van der Waals surface area contributed by atoms with Gasteiger partial charge in [-0.15, -0.1) is 5.10 Å². The Morgan fingerprint density at radius 1 is 0.971 bits per heavy atom. The molecule has 3 aromatic rings. The van der Waals surface area contributed by atoms with E-state index in [1.54, 1.807) is 12.1 Å². The highest BCUT2D eigenvalue weighted by atomic mass is 32.2. The van der Waals surface area contributed by atoms with E-state index in [2.05, 4.69) is 15.5 Å². The monoisotopic (exact) mass is 493 g/mol. The summed E-state index contributed by atoms with van der Waals surface area (Å²) in [5, 5.41) is 9.92.